The molecule has 1 unspecified atom stereocenters. The monoisotopic (exact) mass is 293 g/mol. The molecule has 1 rings (SSSR count). The number of nitro groups is 1. The Hall–Kier alpha value is -1.10. The highest BCUT2D eigenvalue weighted by molar-refractivity contribution is 5.05. The smallest absolute Gasteiger partial charge is 0.247 e. The van der Waals surface area contributed by atoms with Gasteiger partial charge in [-0.3, -0.25) is 10.1 Å². The molecule has 0 spiro atoms. The SMILES string of the molecule is O=[N+]([O-])[C@@H]1[C@@H](C(O)[C@@H](O)[C@H](O)[C@H](O)CO)CC=C[C@@H]1O. The van der Waals surface area contributed by atoms with Crippen LogP contribution in [0.3, 0.4) is 0 Å². The zero-order valence-corrected chi connectivity index (χ0v) is 10.6. The Bertz CT molecular complexity index is 362. The van der Waals surface area contributed by atoms with Gasteiger partial charge in [-0.2, -0.15) is 0 Å². The number of nitrogens with zero attached hydrogens (tertiary/aromatic N) is 1. The lowest BCUT2D eigenvalue weighted by Crippen LogP contribution is -2.54. The van der Waals surface area contributed by atoms with E-state index in [1.54, 1.807) is 0 Å². The molecule has 0 saturated heterocycles. The van der Waals surface area contributed by atoms with E-state index >= 15 is 0 Å². The van der Waals surface area contributed by atoms with E-state index in [1.165, 1.54) is 12.2 Å². The number of aliphatic hydroxyl groups excluding tert-OH is 6. The highest BCUT2D eigenvalue weighted by Gasteiger charge is 2.46. The van der Waals surface area contributed by atoms with Crippen molar-refractivity contribution in [3.8, 4) is 0 Å². The first-order valence-electron chi connectivity index (χ1n) is 6.12. The van der Waals surface area contributed by atoms with E-state index in [2.05, 4.69) is 0 Å². The lowest BCUT2D eigenvalue weighted by atomic mass is 9.80. The van der Waals surface area contributed by atoms with Gasteiger partial charge in [-0.1, -0.05) is 12.2 Å². The second-order valence-corrected chi connectivity index (χ2v) is 4.82. The number of rotatable bonds is 6. The maximum Gasteiger partial charge on any atom is 0.247 e. The minimum atomic E-state index is -1.89. The fourth-order valence-electron chi connectivity index (χ4n) is 2.30. The minimum Gasteiger partial charge on any atom is -0.394 e. The van der Waals surface area contributed by atoms with E-state index < -0.39 is 54.0 Å². The molecular weight excluding hydrogens is 274 g/mol. The van der Waals surface area contributed by atoms with Crippen LogP contribution >= 0.6 is 0 Å². The van der Waals surface area contributed by atoms with Gasteiger partial charge in [-0.15, -0.1) is 0 Å². The lowest BCUT2D eigenvalue weighted by molar-refractivity contribution is -0.545. The van der Waals surface area contributed by atoms with E-state index in [4.69, 9.17) is 5.11 Å². The predicted molar refractivity (Wildman–Crippen MR) is 65.1 cm³/mol. The summed E-state index contributed by atoms with van der Waals surface area (Å²) in [6.45, 7) is -0.837. The summed E-state index contributed by atoms with van der Waals surface area (Å²) in [4.78, 5) is 10.2. The second-order valence-electron chi connectivity index (χ2n) is 4.82. The van der Waals surface area contributed by atoms with Crippen molar-refractivity contribution in [2.45, 2.75) is 43.0 Å². The van der Waals surface area contributed by atoms with Gasteiger partial charge >= 0.3 is 0 Å². The normalized spacial score (nSPS) is 32.4. The highest BCUT2D eigenvalue weighted by Crippen LogP contribution is 2.28. The van der Waals surface area contributed by atoms with Crippen LogP contribution in [0.4, 0.5) is 0 Å². The van der Waals surface area contributed by atoms with Crippen LogP contribution < -0.4 is 0 Å². The molecular formula is C11H19NO8. The van der Waals surface area contributed by atoms with Crippen LogP contribution in [0.15, 0.2) is 12.2 Å². The molecule has 0 aromatic rings. The standard InChI is InChI=1S/C11H19NO8/c13-4-7(15)10(17)11(18)9(16)5-2-1-3-6(14)8(5)12(19)20/h1,3,5-11,13-18H,2,4H2/t5-,6-,7+,8+,9?,10+,11+/m0/s1. The van der Waals surface area contributed by atoms with E-state index in [0.717, 1.165) is 0 Å². The maximum atomic E-state index is 10.9. The molecule has 0 heterocycles. The van der Waals surface area contributed by atoms with Crippen molar-refractivity contribution in [3.05, 3.63) is 22.3 Å². The Morgan fingerprint density at radius 3 is 2.35 bits per heavy atom. The molecule has 6 N–H and O–H groups in total. The van der Waals surface area contributed by atoms with Crippen LogP contribution in [0.5, 0.6) is 0 Å². The molecule has 20 heavy (non-hydrogen) atoms. The lowest BCUT2D eigenvalue weighted by Gasteiger charge is -2.34. The van der Waals surface area contributed by atoms with Crippen LogP contribution in [-0.2, 0) is 0 Å². The van der Waals surface area contributed by atoms with Crippen molar-refractivity contribution >= 4 is 0 Å². The van der Waals surface area contributed by atoms with E-state index in [0.29, 0.717) is 0 Å². The van der Waals surface area contributed by atoms with Gasteiger partial charge in [-0.25, -0.2) is 0 Å². The topological polar surface area (TPSA) is 165 Å². The molecule has 0 aromatic heterocycles. The van der Waals surface area contributed by atoms with Gasteiger partial charge in [-0.05, 0) is 6.42 Å². The average molecular weight is 293 g/mol. The van der Waals surface area contributed by atoms with Crippen molar-refractivity contribution in [3.63, 3.8) is 0 Å². The summed E-state index contributed by atoms with van der Waals surface area (Å²) in [5.74, 6) is -1.12. The van der Waals surface area contributed by atoms with Gasteiger partial charge < -0.3 is 30.6 Å². The summed E-state index contributed by atoms with van der Waals surface area (Å²) in [6, 6.07) is -1.52. The Balaban J connectivity index is 2.86. The summed E-state index contributed by atoms with van der Waals surface area (Å²) < 4.78 is 0. The first-order valence-corrected chi connectivity index (χ1v) is 6.12. The van der Waals surface area contributed by atoms with Crippen LogP contribution in [0, 0.1) is 16.0 Å². The summed E-state index contributed by atoms with van der Waals surface area (Å²) in [5.41, 5.74) is 0. The largest absolute Gasteiger partial charge is 0.394 e. The van der Waals surface area contributed by atoms with Crippen LogP contribution in [0.1, 0.15) is 6.42 Å². The van der Waals surface area contributed by atoms with Gasteiger partial charge in [0, 0.05) is 4.92 Å². The van der Waals surface area contributed by atoms with Crippen molar-refractivity contribution in [1.29, 1.82) is 0 Å². The zero-order valence-electron chi connectivity index (χ0n) is 10.6. The number of hydrogen-bond acceptors (Lipinski definition) is 8. The summed E-state index contributed by atoms with van der Waals surface area (Å²) >= 11 is 0. The van der Waals surface area contributed by atoms with Crippen molar-refractivity contribution in [1.82, 2.24) is 0 Å². The van der Waals surface area contributed by atoms with Gasteiger partial charge in [0.25, 0.3) is 0 Å². The molecule has 0 fully saturated rings. The summed E-state index contributed by atoms with van der Waals surface area (Å²) in [6.07, 6.45) is -5.89. The molecule has 0 aromatic carbocycles. The number of allylic oxidation sites excluding steroid dienone is 1. The van der Waals surface area contributed by atoms with Gasteiger partial charge in [0.2, 0.25) is 6.04 Å². The fraction of sp³-hybridized carbons (Fsp3) is 0.818. The van der Waals surface area contributed by atoms with Crippen molar-refractivity contribution < 1.29 is 35.6 Å². The Morgan fingerprint density at radius 2 is 1.85 bits per heavy atom. The second kappa shape index (κ2) is 7.07. The van der Waals surface area contributed by atoms with E-state index in [9.17, 15) is 35.6 Å². The van der Waals surface area contributed by atoms with Crippen LogP contribution in [-0.4, -0.2) is 78.7 Å². The molecule has 0 aliphatic heterocycles. The molecule has 0 radical (unpaired) electrons. The predicted octanol–water partition coefficient (Wildman–Crippen LogP) is -3.00. The quantitative estimate of drug-likeness (QED) is 0.171. The third kappa shape index (κ3) is 3.51. The minimum absolute atomic E-state index is 0.0306. The first kappa shape index (κ1) is 17.0. The molecule has 1 aliphatic rings. The Labute approximate surface area is 114 Å². The van der Waals surface area contributed by atoms with Gasteiger partial charge in [0.05, 0.1) is 18.6 Å². The third-order valence-electron chi connectivity index (χ3n) is 3.49. The fourth-order valence-corrected chi connectivity index (χ4v) is 2.30. The average Bonchev–Trinajstić information content (AvgIpc) is 2.43. The van der Waals surface area contributed by atoms with Crippen LogP contribution in [0.25, 0.3) is 0 Å². The Morgan fingerprint density at radius 1 is 1.25 bits per heavy atom. The van der Waals surface area contributed by atoms with Crippen molar-refractivity contribution in [2.75, 3.05) is 6.61 Å². The molecule has 7 atom stereocenters. The molecule has 0 saturated carbocycles. The molecule has 116 valence electrons. The molecule has 1 aliphatic carbocycles. The highest BCUT2D eigenvalue weighted by atomic mass is 16.6. The van der Waals surface area contributed by atoms with Crippen LogP contribution in [0.2, 0.25) is 0 Å². The zero-order chi connectivity index (χ0) is 15.4. The van der Waals surface area contributed by atoms with Gasteiger partial charge in [0.1, 0.15) is 24.4 Å². The molecule has 0 amide bonds. The number of hydrogen-bond donors (Lipinski definition) is 6. The Kier molecular flexibility index (Phi) is 5.99. The molecule has 9 nitrogen and oxygen atoms in total. The maximum absolute atomic E-state index is 10.9. The summed E-state index contributed by atoms with van der Waals surface area (Å²) in [7, 11) is 0. The third-order valence-corrected chi connectivity index (χ3v) is 3.49. The van der Waals surface area contributed by atoms with Gasteiger partial charge in [0.15, 0.2) is 0 Å². The molecule has 9 heteroatoms. The van der Waals surface area contributed by atoms with E-state index in [-0.39, 0.29) is 6.42 Å². The van der Waals surface area contributed by atoms with E-state index in [1.807, 2.05) is 0 Å². The number of aliphatic hydroxyl groups is 6. The van der Waals surface area contributed by atoms with Crippen molar-refractivity contribution in [2.24, 2.45) is 5.92 Å². The molecule has 0 bridgehead atoms. The first-order chi connectivity index (χ1) is 9.31. The summed E-state index contributed by atoms with van der Waals surface area (Å²) in [5, 5.41) is 67.5.